The molecule has 0 saturated carbocycles. The van der Waals surface area contributed by atoms with Gasteiger partial charge in [-0.25, -0.2) is 8.78 Å². The monoisotopic (exact) mass is 469 g/mol. The Hall–Kier alpha value is -4.21. The number of halogens is 2. The van der Waals surface area contributed by atoms with Crippen LogP contribution in [0.25, 0.3) is 0 Å². The minimum absolute atomic E-state index is 0.0656. The first-order chi connectivity index (χ1) is 16.2. The number of hydrogen-bond acceptors (Lipinski definition) is 6. The van der Waals surface area contributed by atoms with E-state index in [2.05, 4.69) is 11.9 Å². The summed E-state index contributed by atoms with van der Waals surface area (Å²) >= 11 is 0. The molecular weight excluding hydrogens is 444 g/mol. The molecule has 0 aliphatic carbocycles. The van der Waals surface area contributed by atoms with E-state index in [1.165, 1.54) is 30.3 Å². The van der Waals surface area contributed by atoms with Gasteiger partial charge in [-0.3, -0.25) is 15.0 Å². The second kappa shape index (κ2) is 10.6. The van der Waals surface area contributed by atoms with E-state index in [9.17, 15) is 18.4 Å². The number of amides is 2. The molecule has 3 rings (SSSR count). The molecule has 178 valence electrons. The van der Waals surface area contributed by atoms with Crippen LogP contribution < -0.4 is 21.5 Å². The summed E-state index contributed by atoms with van der Waals surface area (Å²) in [5, 5.41) is 11.5. The van der Waals surface area contributed by atoms with Crippen LogP contribution in [-0.4, -0.2) is 41.6 Å². The number of benzene rings is 2. The third-order valence-electron chi connectivity index (χ3n) is 5.30. The Morgan fingerprint density at radius 3 is 2.50 bits per heavy atom. The molecule has 2 amide bonds. The van der Waals surface area contributed by atoms with E-state index in [1.807, 2.05) is 0 Å². The number of carbonyl (C=O) groups excluding carboxylic acids is 2. The van der Waals surface area contributed by atoms with Gasteiger partial charge >= 0.3 is 0 Å². The number of nitrogens with two attached hydrogens (primary N) is 2. The molecule has 0 radical (unpaired) electrons. The van der Waals surface area contributed by atoms with Crippen molar-refractivity contribution in [2.45, 2.75) is 18.9 Å². The van der Waals surface area contributed by atoms with Crippen LogP contribution in [0.5, 0.6) is 11.5 Å². The van der Waals surface area contributed by atoms with E-state index in [0.29, 0.717) is 31.1 Å². The van der Waals surface area contributed by atoms with Gasteiger partial charge in [-0.2, -0.15) is 0 Å². The van der Waals surface area contributed by atoms with Crippen LogP contribution in [0.3, 0.4) is 0 Å². The fourth-order valence-electron chi connectivity index (χ4n) is 3.63. The number of rotatable bonds is 8. The fourth-order valence-corrected chi connectivity index (χ4v) is 3.63. The van der Waals surface area contributed by atoms with Crippen molar-refractivity contribution in [3.8, 4) is 11.5 Å². The summed E-state index contributed by atoms with van der Waals surface area (Å²) in [4.78, 5) is 25.6. The van der Waals surface area contributed by atoms with Crippen LogP contribution >= 0.6 is 0 Å². The lowest BCUT2D eigenvalue weighted by molar-refractivity contribution is -0.127. The van der Waals surface area contributed by atoms with Crippen molar-refractivity contribution in [2.24, 2.45) is 11.5 Å². The number of likely N-dealkylation sites (tertiary alicyclic amines) is 1. The van der Waals surface area contributed by atoms with Crippen LogP contribution in [0.1, 0.15) is 18.4 Å². The van der Waals surface area contributed by atoms with E-state index in [0.717, 1.165) is 18.6 Å². The SMILES string of the molecule is C=CC(=O)N1CCC[C@@H](N/C(N)=C(\C(=N)c2ccc(Oc3ccc(F)cc3F)cc2)C(N)=O)C1. The minimum atomic E-state index is -0.890. The highest BCUT2D eigenvalue weighted by atomic mass is 19.1. The molecule has 0 aromatic heterocycles. The first-order valence-corrected chi connectivity index (χ1v) is 10.5. The Labute approximate surface area is 195 Å². The predicted molar refractivity (Wildman–Crippen MR) is 123 cm³/mol. The van der Waals surface area contributed by atoms with Gasteiger partial charge in [0.15, 0.2) is 11.6 Å². The quantitative estimate of drug-likeness (QED) is 0.348. The third-order valence-corrected chi connectivity index (χ3v) is 5.30. The second-order valence-electron chi connectivity index (χ2n) is 7.70. The maximum atomic E-state index is 13.8. The third kappa shape index (κ3) is 5.77. The normalized spacial score (nSPS) is 16.3. The lowest BCUT2D eigenvalue weighted by atomic mass is 10.0. The molecule has 2 aromatic rings. The molecule has 0 unspecified atom stereocenters. The Bertz CT molecular complexity index is 1150. The average molecular weight is 469 g/mol. The number of nitrogens with zero attached hydrogens (tertiary/aromatic N) is 1. The maximum Gasteiger partial charge on any atom is 0.254 e. The molecule has 1 aliphatic heterocycles. The summed E-state index contributed by atoms with van der Waals surface area (Å²) < 4.78 is 32.3. The zero-order chi connectivity index (χ0) is 24.8. The van der Waals surface area contributed by atoms with Gasteiger partial charge < -0.3 is 26.4 Å². The van der Waals surface area contributed by atoms with Gasteiger partial charge in [-0.1, -0.05) is 6.58 Å². The number of carbonyl (C=O) groups is 2. The zero-order valence-corrected chi connectivity index (χ0v) is 18.3. The van der Waals surface area contributed by atoms with Gasteiger partial charge in [-0.15, -0.1) is 0 Å². The lowest BCUT2D eigenvalue weighted by Crippen LogP contribution is -2.49. The van der Waals surface area contributed by atoms with Crippen molar-refractivity contribution in [3.05, 3.63) is 83.7 Å². The van der Waals surface area contributed by atoms with Crippen LogP contribution in [0, 0.1) is 17.0 Å². The molecule has 1 aliphatic rings. The number of primary amides is 1. The molecule has 1 saturated heterocycles. The summed E-state index contributed by atoms with van der Waals surface area (Å²) in [6, 6.07) is 8.63. The molecule has 2 aromatic carbocycles. The topological polar surface area (TPSA) is 135 Å². The Kier molecular flexibility index (Phi) is 7.62. The van der Waals surface area contributed by atoms with Crippen molar-refractivity contribution in [2.75, 3.05) is 13.1 Å². The van der Waals surface area contributed by atoms with Crippen LogP contribution in [0.2, 0.25) is 0 Å². The molecule has 1 atom stereocenters. The predicted octanol–water partition coefficient (Wildman–Crippen LogP) is 2.55. The Morgan fingerprint density at radius 2 is 1.88 bits per heavy atom. The highest BCUT2D eigenvalue weighted by Gasteiger charge is 2.25. The van der Waals surface area contributed by atoms with Crippen LogP contribution in [-0.2, 0) is 9.59 Å². The standard InChI is InChI=1S/C24H25F2N5O3/c1-2-20(32)31-11-3-4-16(13-31)30-23(28)21(24(29)33)22(27)14-5-8-17(9-6-14)34-19-10-7-15(25)12-18(19)26/h2,5-10,12,16,27,30H,1,3-4,11,13,28H2,(H2,29,33)/b23-21+,27-22?/t16-/m1/s1. The Morgan fingerprint density at radius 1 is 1.18 bits per heavy atom. The van der Waals surface area contributed by atoms with Crippen LogP contribution in [0.15, 0.2) is 66.5 Å². The zero-order valence-electron chi connectivity index (χ0n) is 18.3. The second-order valence-corrected chi connectivity index (χ2v) is 7.70. The average Bonchev–Trinajstić information content (AvgIpc) is 2.80. The highest BCUT2D eigenvalue weighted by Crippen LogP contribution is 2.25. The van der Waals surface area contributed by atoms with E-state index in [4.69, 9.17) is 21.6 Å². The van der Waals surface area contributed by atoms with Gasteiger partial charge in [0.25, 0.3) is 5.91 Å². The van der Waals surface area contributed by atoms with Gasteiger partial charge in [0.2, 0.25) is 5.91 Å². The number of nitrogens with one attached hydrogen (secondary N) is 2. The summed E-state index contributed by atoms with van der Waals surface area (Å²) in [6.45, 7) is 4.46. The van der Waals surface area contributed by atoms with Gasteiger partial charge in [0.05, 0.1) is 5.71 Å². The summed E-state index contributed by atoms with van der Waals surface area (Å²) in [5.74, 6) is -2.65. The van der Waals surface area contributed by atoms with E-state index >= 15 is 0 Å². The molecule has 0 bridgehead atoms. The molecule has 10 heteroatoms. The number of ether oxygens (including phenoxy) is 1. The largest absolute Gasteiger partial charge is 0.454 e. The Balaban J connectivity index is 1.75. The van der Waals surface area contributed by atoms with Crippen molar-refractivity contribution in [1.82, 2.24) is 10.2 Å². The van der Waals surface area contributed by atoms with Crippen molar-refractivity contribution in [1.29, 1.82) is 5.41 Å². The molecule has 0 spiro atoms. The molecule has 34 heavy (non-hydrogen) atoms. The van der Waals surface area contributed by atoms with Gasteiger partial charge in [0.1, 0.15) is 23.0 Å². The van der Waals surface area contributed by atoms with E-state index in [-0.39, 0.29) is 40.6 Å². The summed E-state index contributed by atoms with van der Waals surface area (Å²) in [7, 11) is 0. The van der Waals surface area contributed by atoms with Crippen molar-refractivity contribution < 1.29 is 23.1 Å². The first-order valence-electron chi connectivity index (χ1n) is 10.5. The fraction of sp³-hybridized carbons (Fsp3) is 0.208. The lowest BCUT2D eigenvalue weighted by Gasteiger charge is -2.33. The van der Waals surface area contributed by atoms with Crippen molar-refractivity contribution >= 4 is 17.5 Å². The molecule has 8 nitrogen and oxygen atoms in total. The molecule has 1 fully saturated rings. The molecular formula is C24H25F2N5O3. The van der Waals surface area contributed by atoms with E-state index in [1.54, 1.807) is 4.90 Å². The highest BCUT2D eigenvalue weighted by molar-refractivity contribution is 6.26. The van der Waals surface area contributed by atoms with Crippen LogP contribution in [0.4, 0.5) is 8.78 Å². The van der Waals surface area contributed by atoms with Crippen molar-refractivity contribution in [3.63, 3.8) is 0 Å². The first kappa shape index (κ1) is 24.4. The maximum absolute atomic E-state index is 13.8. The summed E-state index contributed by atoms with van der Waals surface area (Å²) in [6.07, 6.45) is 2.70. The smallest absolute Gasteiger partial charge is 0.254 e. The molecule has 6 N–H and O–H groups in total. The van der Waals surface area contributed by atoms with Gasteiger partial charge in [0, 0.05) is 30.8 Å². The summed E-state index contributed by atoms with van der Waals surface area (Å²) in [5.41, 5.74) is 11.5. The number of hydrogen-bond donors (Lipinski definition) is 4. The van der Waals surface area contributed by atoms with Gasteiger partial charge in [-0.05, 0) is 55.3 Å². The molecule has 1 heterocycles. The minimum Gasteiger partial charge on any atom is -0.454 e. The van der Waals surface area contributed by atoms with E-state index < -0.39 is 17.5 Å². The number of piperidine rings is 1.